The third kappa shape index (κ3) is 2.69. The highest BCUT2D eigenvalue weighted by molar-refractivity contribution is 7.71. The number of hydrogen-bond donors (Lipinski definition) is 0. The van der Waals surface area contributed by atoms with E-state index in [0.29, 0.717) is 0 Å². The van der Waals surface area contributed by atoms with Crippen molar-refractivity contribution in [3.63, 3.8) is 0 Å². The molecule has 1 aromatic heterocycles. The van der Waals surface area contributed by atoms with Gasteiger partial charge in [0.2, 0.25) is 0 Å². The van der Waals surface area contributed by atoms with Gasteiger partial charge in [-0.25, -0.2) is 0 Å². The van der Waals surface area contributed by atoms with Gasteiger partial charge in [-0.05, 0) is 43.9 Å². The van der Waals surface area contributed by atoms with Crippen molar-refractivity contribution in [2.45, 2.75) is 53.5 Å². The van der Waals surface area contributed by atoms with E-state index in [1.165, 1.54) is 23.2 Å². The Hall–Kier alpha value is -0.630. The second-order valence-electron chi connectivity index (χ2n) is 4.15. The maximum atomic E-state index is 5.56. The van der Waals surface area contributed by atoms with Crippen molar-refractivity contribution in [1.29, 1.82) is 0 Å². The molecule has 0 atom stereocenters. The fourth-order valence-corrected chi connectivity index (χ4v) is 2.52. The van der Waals surface area contributed by atoms with E-state index in [2.05, 4.69) is 38.3 Å². The summed E-state index contributed by atoms with van der Waals surface area (Å²) in [7, 11) is 0. The topological polar surface area (TPSA) is 4.93 Å². The number of hydrogen-bond acceptors (Lipinski definition) is 1. The van der Waals surface area contributed by atoms with Gasteiger partial charge in [-0.3, -0.25) is 0 Å². The maximum Gasteiger partial charge on any atom is 0.109 e. The van der Waals surface area contributed by atoms with Crippen LogP contribution in [0, 0.1) is 18.5 Å². The molecule has 0 saturated heterocycles. The Balaban J connectivity index is 3.29. The highest BCUT2D eigenvalue weighted by Crippen LogP contribution is 2.16. The van der Waals surface area contributed by atoms with Gasteiger partial charge in [-0.15, -0.1) is 0 Å². The van der Waals surface area contributed by atoms with Crippen molar-refractivity contribution < 1.29 is 0 Å². The lowest BCUT2D eigenvalue weighted by Gasteiger charge is -2.15. The molecular weight excluding hydrogens is 202 g/mol. The minimum atomic E-state index is 1.04. The van der Waals surface area contributed by atoms with E-state index in [1.54, 1.807) is 0 Å². The first-order chi connectivity index (χ1) is 7.11. The van der Waals surface area contributed by atoms with Crippen LogP contribution in [0.5, 0.6) is 0 Å². The van der Waals surface area contributed by atoms with Crippen molar-refractivity contribution in [3.8, 4) is 0 Å². The van der Waals surface area contributed by atoms with Gasteiger partial charge in [0.15, 0.2) is 0 Å². The summed E-state index contributed by atoms with van der Waals surface area (Å²) in [6.07, 6.45) is 3.41. The Morgan fingerprint density at radius 1 is 1.20 bits per heavy atom. The van der Waals surface area contributed by atoms with Gasteiger partial charge in [0.05, 0.1) is 0 Å². The first-order valence-electron chi connectivity index (χ1n) is 5.81. The summed E-state index contributed by atoms with van der Waals surface area (Å²) in [5.41, 5.74) is 4.01. The van der Waals surface area contributed by atoms with E-state index >= 15 is 0 Å². The Bertz CT molecular complexity index is 357. The van der Waals surface area contributed by atoms with Crippen LogP contribution in [0.3, 0.4) is 0 Å². The molecule has 15 heavy (non-hydrogen) atoms. The van der Waals surface area contributed by atoms with Crippen molar-refractivity contribution in [3.05, 3.63) is 27.5 Å². The second-order valence-corrected chi connectivity index (χ2v) is 4.54. The monoisotopic (exact) mass is 223 g/mol. The molecule has 0 amide bonds. The van der Waals surface area contributed by atoms with Crippen LogP contribution in [0.4, 0.5) is 0 Å². The first-order valence-corrected chi connectivity index (χ1v) is 6.22. The summed E-state index contributed by atoms with van der Waals surface area (Å²) in [5, 5.41) is 0. The van der Waals surface area contributed by atoms with Crippen LogP contribution in [0.25, 0.3) is 0 Å². The molecule has 0 N–H and O–H groups in total. The predicted octanol–water partition coefficient (Wildman–Crippen LogP) is 4.20. The molecule has 0 aliphatic carbocycles. The van der Waals surface area contributed by atoms with Crippen LogP contribution >= 0.6 is 12.2 Å². The average Bonchev–Trinajstić information content (AvgIpc) is 2.19. The van der Waals surface area contributed by atoms with Crippen molar-refractivity contribution >= 4 is 12.2 Å². The van der Waals surface area contributed by atoms with E-state index in [-0.39, 0.29) is 0 Å². The van der Waals surface area contributed by atoms with Gasteiger partial charge in [-0.2, -0.15) is 0 Å². The molecule has 0 fully saturated rings. The predicted molar refractivity (Wildman–Crippen MR) is 69.0 cm³/mol. The summed E-state index contributed by atoms with van der Waals surface area (Å²) >= 11 is 5.56. The van der Waals surface area contributed by atoms with E-state index in [1.807, 2.05) is 0 Å². The third-order valence-electron chi connectivity index (χ3n) is 2.78. The molecule has 0 saturated carbocycles. The lowest BCUT2D eigenvalue weighted by atomic mass is 10.1. The zero-order valence-electron chi connectivity index (χ0n) is 10.3. The summed E-state index contributed by atoms with van der Waals surface area (Å²) in [6.45, 7) is 9.76. The molecule has 0 aromatic carbocycles. The minimum Gasteiger partial charge on any atom is -0.336 e. The van der Waals surface area contributed by atoms with Gasteiger partial charge in [-0.1, -0.05) is 32.5 Å². The Labute approximate surface area is 98.1 Å². The smallest absolute Gasteiger partial charge is 0.109 e. The molecule has 0 aliphatic heterocycles. The number of nitrogens with zero attached hydrogens (tertiary/aromatic N) is 1. The fourth-order valence-electron chi connectivity index (χ4n) is 2.03. The quantitative estimate of drug-likeness (QED) is 0.693. The van der Waals surface area contributed by atoms with Crippen LogP contribution in [-0.2, 0) is 13.0 Å². The van der Waals surface area contributed by atoms with E-state index in [0.717, 1.165) is 24.0 Å². The second kappa shape index (κ2) is 5.45. The number of aryl methyl sites for hydroxylation is 2. The molecule has 84 valence electrons. The summed E-state index contributed by atoms with van der Waals surface area (Å²) in [6, 6.07) is 2.26. The molecule has 1 aromatic rings. The molecule has 2 heteroatoms. The molecule has 0 radical (unpaired) electrons. The zero-order chi connectivity index (χ0) is 11.4. The van der Waals surface area contributed by atoms with Crippen LogP contribution in [0.2, 0.25) is 0 Å². The van der Waals surface area contributed by atoms with Crippen LogP contribution < -0.4 is 0 Å². The number of rotatable bonds is 4. The van der Waals surface area contributed by atoms with Gasteiger partial charge >= 0.3 is 0 Å². The summed E-state index contributed by atoms with van der Waals surface area (Å²) in [4.78, 5) is 0. The van der Waals surface area contributed by atoms with Crippen LogP contribution in [0.1, 0.15) is 43.5 Å². The van der Waals surface area contributed by atoms with E-state index < -0.39 is 0 Å². The van der Waals surface area contributed by atoms with E-state index in [4.69, 9.17) is 12.2 Å². The van der Waals surface area contributed by atoms with E-state index in [9.17, 15) is 0 Å². The average molecular weight is 223 g/mol. The molecule has 0 spiro atoms. The molecule has 1 rings (SSSR count). The van der Waals surface area contributed by atoms with Crippen LogP contribution in [0.15, 0.2) is 6.07 Å². The first kappa shape index (κ1) is 12.4. The molecule has 1 heterocycles. The van der Waals surface area contributed by atoms with Crippen molar-refractivity contribution in [2.24, 2.45) is 0 Å². The van der Waals surface area contributed by atoms with Gasteiger partial charge < -0.3 is 4.57 Å². The largest absolute Gasteiger partial charge is 0.336 e. The third-order valence-corrected chi connectivity index (χ3v) is 3.24. The normalized spacial score (nSPS) is 10.7. The Kier molecular flexibility index (Phi) is 4.52. The van der Waals surface area contributed by atoms with Crippen molar-refractivity contribution in [2.75, 3.05) is 0 Å². The standard InChI is InChI=1S/C13H21NS/c1-5-7-12-10(3)9-11(4)14(8-6-2)13(12)15/h9H,5-8H2,1-4H3. The Morgan fingerprint density at radius 3 is 2.40 bits per heavy atom. The molecule has 0 aliphatic rings. The van der Waals surface area contributed by atoms with Gasteiger partial charge in [0.25, 0.3) is 0 Å². The number of aromatic nitrogens is 1. The Morgan fingerprint density at radius 2 is 1.87 bits per heavy atom. The lowest BCUT2D eigenvalue weighted by Crippen LogP contribution is -2.08. The highest BCUT2D eigenvalue weighted by Gasteiger charge is 2.05. The molecule has 0 bridgehead atoms. The zero-order valence-corrected chi connectivity index (χ0v) is 11.1. The van der Waals surface area contributed by atoms with Gasteiger partial charge in [0.1, 0.15) is 4.64 Å². The van der Waals surface area contributed by atoms with Gasteiger partial charge in [0, 0.05) is 12.2 Å². The molecular formula is C13H21NS. The molecule has 0 unspecified atom stereocenters. The fraction of sp³-hybridized carbons (Fsp3) is 0.615. The SMILES string of the molecule is CCCc1c(C)cc(C)n(CCC)c1=S. The minimum absolute atomic E-state index is 1.04. The maximum absolute atomic E-state index is 5.56. The summed E-state index contributed by atoms with van der Waals surface area (Å²) < 4.78 is 3.32. The van der Waals surface area contributed by atoms with Crippen LogP contribution in [-0.4, -0.2) is 4.57 Å². The number of pyridine rings is 1. The highest BCUT2D eigenvalue weighted by atomic mass is 32.1. The lowest BCUT2D eigenvalue weighted by molar-refractivity contribution is 0.638. The van der Waals surface area contributed by atoms with Crippen molar-refractivity contribution in [1.82, 2.24) is 4.57 Å². The molecule has 1 nitrogen and oxygen atoms in total. The summed E-state index contributed by atoms with van der Waals surface area (Å²) in [5.74, 6) is 0.